The summed E-state index contributed by atoms with van der Waals surface area (Å²) in [6.07, 6.45) is 1.81. The Balaban J connectivity index is 1.76. The van der Waals surface area contributed by atoms with E-state index in [1.807, 2.05) is 13.8 Å². The Morgan fingerprint density at radius 2 is 1.75 bits per heavy atom. The number of benzene rings is 1. The molecular weight excluding hydrogens is 358 g/mol. The lowest BCUT2D eigenvalue weighted by molar-refractivity contribution is -0.127. The minimum absolute atomic E-state index is 0.126. The quantitative estimate of drug-likeness (QED) is 0.692. The third-order valence-corrected chi connectivity index (χ3v) is 5.76. The van der Waals surface area contributed by atoms with E-state index >= 15 is 0 Å². The highest BCUT2D eigenvalue weighted by molar-refractivity contribution is 6.22. The first kappa shape index (κ1) is 20.5. The summed E-state index contributed by atoms with van der Waals surface area (Å²) in [4.78, 5) is 39.9. The standard InChI is InChI=1S/C21H29N3O4/c1-14(2)17(24-19(26)15-6-4-5-7-16(15)20(24)27)18(25)23-12-21(13-28-3)8-10-22-11-9-21/h4-7,14,17,22H,8-13H2,1-3H3,(H,23,25). The van der Waals surface area contributed by atoms with Crippen LogP contribution in [0.2, 0.25) is 0 Å². The third-order valence-electron chi connectivity index (χ3n) is 5.76. The highest BCUT2D eigenvalue weighted by Crippen LogP contribution is 2.30. The van der Waals surface area contributed by atoms with E-state index in [1.54, 1.807) is 31.4 Å². The van der Waals surface area contributed by atoms with Gasteiger partial charge in [0.05, 0.1) is 17.7 Å². The second-order valence-corrected chi connectivity index (χ2v) is 8.12. The van der Waals surface area contributed by atoms with Crippen molar-refractivity contribution in [1.82, 2.24) is 15.5 Å². The number of nitrogens with zero attached hydrogens (tertiary/aromatic N) is 1. The molecule has 152 valence electrons. The molecule has 3 amide bonds. The Hall–Kier alpha value is -2.25. The molecule has 2 N–H and O–H groups in total. The van der Waals surface area contributed by atoms with Crippen molar-refractivity contribution < 1.29 is 19.1 Å². The fourth-order valence-electron chi connectivity index (χ4n) is 4.19. The molecule has 1 atom stereocenters. The maximum Gasteiger partial charge on any atom is 0.262 e. The number of methoxy groups -OCH3 is 1. The summed E-state index contributed by atoms with van der Waals surface area (Å²) in [5.74, 6) is -1.29. The number of nitrogens with one attached hydrogen (secondary N) is 2. The Morgan fingerprint density at radius 3 is 2.25 bits per heavy atom. The summed E-state index contributed by atoms with van der Waals surface area (Å²) in [5.41, 5.74) is 0.597. The number of carbonyl (C=O) groups excluding carboxylic acids is 3. The van der Waals surface area contributed by atoms with Crippen LogP contribution in [0.4, 0.5) is 0 Å². The van der Waals surface area contributed by atoms with E-state index in [9.17, 15) is 14.4 Å². The molecule has 2 aliphatic heterocycles. The molecule has 3 rings (SSSR count). The SMILES string of the molecule is COCC1(CNC(=O)C(C(C)C)N2C(=O)c3ccccc3C2=O)CCNCC1. The summed E-state index contributed by atoms with van der Waals surface area (Å²) < 4.78 is 5.40. The minimum Gasteiger partial charge on any atom is -0.384 e. The van der Waals surface area contributed by atoms with Gasteiger partial charge in [0.25, 0.3) is 11.8 Å². The maximum atomic E-state index is 13.1. The molecule has 1 saturated heterocycles. The third kappa shape index (κ3) is 3.82. The second kappa shape index (κ2) is 8.41. The van der Waals surface area contributed by atoms with E-state index < -0.39 is 17.9 Å². The molecule has 1 aromatic carbocycles. The molecule has 2 heterocycles. The van der Waals surface area contributed by atoms with Crippen molar-refractivity contribution in [3.8, 4) is 0 Å². The molecule has 0 saturated carbocycles. The summed E-state index contributed by atoms with van der Waals surface area (Å²) in [7, 11) is 1.67. The summed E-state index contributed by atoms with van der Waals surface area (Å²) >= 11 is 0. The van der Waals surface area contributed by atoms with Crippen LogP contribution in [0.5, 0.6) is 0 Å². The Bertz CT molecular complexity index is 715. The lowest BCUT2D eigenvalue weighted by Gasteiger charge is -2.38. The predicted molar refractivity (Wildman–Crippen MR) is 105 cm³/mol. The normalized spacial score (nSPS) is 19.6. The first-order chi connectivity index (χ1) is 13.4. The largest absolute Gasteiger partial charge is 0.384 e. The Kier molecular flexibility index (Phi) is 6.15. The van der Waals surface area contributed by atoms with Crippen molar-refractivity contribution in [2.75, 3.05) is 33.4 Å². The molecule has 0 radical (unpaired) electrons. The number of piperidine rings is 1. The molecule has 7 nitrogen and oxygen atoms in total. The average Bonchev–Trinajstić information content (AvgIpc) is 2.93. The number of hydrogen-bond donors (Lipinski definition) is 2. The molecule has 0 bridgehead atoms. The van der Waals surface area contributed by atoms with Gasteiger partial charge in [0.1, 0.15) is 6.04 Å². The number of imide groups is 1. The van der Waals surface area contributed by atoms with Crippen molar-refractivity contribution in [1.29, 1.82) is 0 Å². The zero-order valence-corrected chi connectivity index (χ0v) is 16.8. The van der Waals surface area contributed by atoms with Crippen LogP contribution >= 0.6 is 0 Å². The highest BCUT2D eigenvalue weighted by atomic mass is 16.5. The predicted octanol–water partition coefficient (Wildman–Crippen LogP) is 1.44. The van der Waals surface area contributed by atoms with Crippen LogP contribution in [-0.4, -0.2) is 62.0 Å². The molecule has 0 aliphatic carbocycles. The van der Waals surface area contributed by atoms with Crippen molar-refractivity contribution in [3.05, 3.63) is 35.4 Å². The van der Waals surface area contributed by atoms with E-state index in [2.05, 4.69) is 10.6 Å². The topological polar surface area (TPSA) is 87.7 Å². The molecule has 7 heteroatoms. The molecule has 1 aromatic rings. The van der Waals surface area contributed by atoms with Gasteiger partial charge in [0.15, 0.2) is 0 Å². The maximum absolute atomic E-state index is 13.1. The number of ether oxygens (including phenoxy) is 1. The molecule has 0 spiro atoms. The van der Waals surface area contributed by atoms with Crippen molar-refractivity contribution in [2.24, 2.45) is 11.3 Å². The van der Waals surface area contributed by atoms with Gasteiger partial charge in [-0.05, 0) is 44.0 Å². The molecule has 2 aliphatic rings. The monoisotopic (exact) mass is 387 g/mol. The van der Waals surface area contributed by atoms with Gasteiger partial charge in [-0.3, -0.25) is 19.3 Å². The Morgan fingerprint density at radius 1 is 1.18 bits per heavy atom. The van der Waals surface area contributed by atoms with Gasteiger partial charge in [0.2, 0.25) is 5.91 Å². The molecule has 1 fully saturated rings. The van der Waals surface area contributed by atoms with Gasteiger partial charge in [-0.25, -0.2) is 0 Å². The fourth-order valence-corrected chi connectivity index (χ4v) is 4.19. The van der Waals surface area contributed by atoms with Crippen molar-refractivity contribution in [2.45, 2.75) is 32.7 Å². The first-order valence-corrected chi connectivity index (χ1v) is 9.84. The van der Waals surface area contributed by atoms with Gasteiger partial charge >= 0.3 is 0 Å². The van der Waals surface area contributed by atoms with Crippen molar-refractivity contribution in [3.63, 3.8) is 0 Å². The van der Waals surface area contributed by atoms with Gasteiger partial charge in [0, 0.05) is 19.1 Å². The van der Waals surface area contributed by atoms with Crippen LogP contribution in [0.15, 0.2) is 24.3 Å². The van der Waals surface area contributed by atoms with Crippen LogP contribution in [0.3, 0.4) is 0 Å². The van der Waals surface area contributed by atoms with Crippen molar-refractivity contribution >= 4 is 17.7 Å². The highest BCUT2D eigenvalue weighted by Gasteiger charge is 2.44. The van der Waals surface area contributed by atoms with Crippen LogP contribution in [0, 0.1) is 11.3 Å². The van der Waals surface area contributed by atoms with Gasteiger partial charge < -0.3 is 15.4 Å². The van der Waals surface area contributed by atoms with Crippen LogP contribution in [-0.2, 0) is 9.53 Å². The molecule has 0 aromatic heterocycles. The lowest BCUT2D eigenvalue weighted by Crippen LogP contribution is -2.55. The lowest BCUT2D eigenvalue weighted by atomic mass is 9.79. The summed E-state index contributed by atoms with van der Waals surface area (Å²) in [5, 5.41) is 6.34. The van der Waals surface area contributed by atoms with Gasteiger partial charge in [-0.1, -0.05) is 26.0 Å². The van der Waals surface area contributed by atoms with E-state index in [4.69, 9.17) is 4.74 Å². The molecular formula is C21H29N3O4. The fraction of sp³-hybridized carbons (Fsp3) is 0.571. The van der Waals surface area contributed by atoms with Crippen LogP contribution in [0.25, 0.3) is 0 Å². The second-order valence-electron chi connectivity index (χ2n) is 8.12. The zero-order valence-electron chi connectivity index (χ0n) is 16.8. The number of hydrogen-bond acceptors (Lipinski definition) is 5. The smallest absolute Gasteiger partial charge is 0.262 e. The molecule has 28 heavy (non-hydrogen) atoms. The van der Waals surface area contributed by atoms with E-state index in [0.29, 0.717) is 24.3 Å². The number of rotatable bonds is 7. The van der Waals surface area contributed by atoms with E-state index in [0.717, 1.165) is 30.8 Å². The van der Waals surface area contributed by atoms with E-state index in [1.165, 1.54) is 0 Å². The number of amides is 3. The van der Waals surface area contributed by atoms with Crippen LogP contribution < -0.4 is 10.6 Å². The minimum atomic E-state index is -0.839. The summed E-state index contributed by atoms with van der Waals surface area (Å²) in [6.45, 7) is 6.49. The first-order valence-electron chi connectivity index (χ1n) is 9.84. The van der Waals surface area contributed by atoms with Gasteiger partial charge in [-0.2, -0.15) is 0 Å². The average molecular weight is 387 g/mol. The Labute approximate surface area is 165 Å². The number of fused-ring (bicyclic) bond motifs is 1. The molecule has 1 unspecified atom stereocenters. The van der Waals surface area contributed by atoms with Gasteiger partial charge in [-0.15, -0.1) is 0 Å². The summed E-state index contributed by atoms with van der Waals surface area (Å²) in [6, 6.07) is 5.88. The van der Waals surface area contributed by atoms with E-state index in [-0.39, 0.29) is 17.2 Å². The number of carbonyl (C=O) groups is 3. The zero-order chi connectivity index (χ0) is 20.3. The van der Waals surface area contributed by atoms with Crippen LogP contribution in [0.1, 0.15) is 47.4 Å².